The fourth-order valence-corrected chi connectivity index (χ4v) is 4.60. The third kappa shape index (κ3) is 6.31. The molecule has 0 saturated carbocycles. The van der Waals surface area contributed by atoms with Gasteiger partial charge in [-0.2, -0.15) is 0 Å². The molecule has 0 aliphatic carbocycles. The lowest BCUT2D eigenvalue weighted by Crippen LogP contribution is -2.24. The molecule has 0 unspecified atom stereocenters. The minimum atomic E-state index is -0.114. The monoisotopic (exact) mass is 533 g/mol. The molecule has 0 aliphatic rings. The molecular weight excluding hydrogens is 502 g/mol. The Kier molecular flexibility index (Phi) is 8.24. The Balaban J connectivity index is 1.39. The highest BCUT2D eigenvalue weighted by atomic mass is 79.9. The standard InChI is InChI=1S/C29H32BrN3O2/c1-20(2)24-14-13-21(3)17-27(24)35-16-7-6-15-33-26-12-5-4-11-25(26)32-28(33)19-31-29(34)22-9-8-10-23(30)18-22/h4-5,8-14,17-18,20H,6-7,15-16,19H2,1-3H3,(H,31,34). The number of halogens is 1. The molecule has 35 heavy (non-hydrogen) atoms. The van der Waals surface area contributed by atoms with Gasteiger partial charge in [-0.3, -0.25) is 4.79 Å². The molecule has 0 saturated heterocycles. The molecule has 4 rings (SSSR count). The highest BCUT2D eigenvalue weighted by molar-refractivity contribution is 9.10. The van der Waals surface area contributed by atoms with Crippen molar-refractivity contribution in [3.8, 4) is 5.75 Å². The minimum Gasteiger partial charge on any atom is -0.493 e. The van der Waals surface area contributed by atoms with Gasteiger partial charge in [0.15, 0.2) is 0 Å². The van der Waals surface area contributed by atoms with Crippen molar-refractivity contribution >= 4 is 32.9 Å². The van der Waals surface area contributed by atoms with Crippen molar-refractivity contribution in [1.82, 2.24) is 14.9 Å². The summed E-state index contributed by atoms with van der Waals surface area (Å²) in [4.78, 5) is 17.4. The van der Waals surface area contributed by atoms with E-state index in [1.165, 1.54) is 11.1 Å². The second kappa shape index (κ2) is 11.5. The Bertz CT molecular complexity index is 1310. The molecule has 182 valence electrons. The van der Waals surface area contributed by atoms with Crippen molar-refractivity contribution in [2.24, 2.45) is 0 Å². The van der Waals surface area contributed by atoms with Crippen LogP contribution in [0.5, 0.6) is 5.75 Å². The summed E-state index contributed by atoms with van der Waals surface area (Å²) >= 11 is 3.42. The molecule has 1 heterocycles. The fourth-order valence-electron chi connectivity index (χ4n) is 4.20. The normalized spacial score (nSPS) is 11.2. The fraction of sp³-hybridized carbons (Fsp3) is 0.310. The van der Waals surface area contributed by atoms with Gasteiger partial charge in [-0.1, -0.05) is 60.1 Å². The Morgan fingerprint density at radius 2 is 1.89 bits per heavy atom. The van der Waals surface area contributed by atoms with Crippen molar-refractivity contribution in [3.63, 3.8) is 0 Å². The summed E-state index contributed by atoms with van der Waals surface area (Å²) in [7, 11) is 0. The van der Waals surface area contributed by atoms with Gasteiger partial charge in [-0.25, -0.2) is 4.98 Å². The molecule has 1 amide bonds. The predicted molar refractivity (Wildman–Crippen MR) is 145 cm³/mol. The summed E-state index contributed by atoms with van der Waals surface area (Å²) in [6, 6.07) is 21.9. The SMILES string of the molecule is Cc1ccc(C(C)C)c(OCCCCn2c(CNC(=O)c3cccc(Br)c3)nc3ccccc32)c1. The molecule has 5 nitrogen and oxygen atoms in total. The molecule has 6 heteroatoms. The molecule has 0 radical (unpaired) electrons. The summed E-state index contributed by atoms with van der Waals surface area (Å²) < 4.78 is 9.26. The van der Waals surface area contributed by atoms with E-state index in [1.54, 1.807) is 0 Å². The third-order valence-electron chi connectivity index (χ3n) is 6.05. The first-order valence-electron chi connectivity index (χ1n) is 12.1. The van der Waals surface area contributed by atoms with E-state index in [-0.39, 0.29) is 5.91 Å². The molecule has 0 aliphatic heterocycles. The van der Waals surface area contributed by atoms with E-state index in [2.05, 4.69) is 70.9 Å². The number of hydrogen-bond donors (Lipinski definition) is 1. The molecular formula is C29H32BrN3O2. The largest absolute Gasteiger partial charge is 0.493 e. The number of carbonyl (C=O) groups is 1. The van der Waals surface area contributed by atoms with Gasteiger partial charge in [0.05, 0.1) is 24.2 Å². The summed E-state index contributed by atoms with van der Waals surface area (Å²) in [5.41, 5.74) is 5.11. The lowest BCUT2D eigenvalue weighted by molar-refractivity contribution is 0.0949. The number of nitrogens with one attached hydrogen (secondary N) is 1. The van der Waals surface area contributed by atoms with Gasteiger partial charge >= 0.3 is 0 Å². The number of carbonyl (C=O) groups excluding carboxylic acids is 1. The van der Waals surface area contributed by atoms with E-state index in [4.69, 9.17) is 9.72 Å². The number of para-hydroxylation sites is 2. The van der Waals surface area contributed by atoms with Crippen LogP contribution in [0.4, 0.5) is 0 Å². The van der Waals surface area contributed by atoms with Crippen LogP contribution in [0.15, 0.2) is 71.2 Å². The second-order valence-electron chi connectivity index (χ2n) is 9.11. The van der Waals surface area contributed by atoms with Crippen molar-refractivity contribution in [3.05, 3.63) is 93.7 Å². The van der Waals surface area contributed by atoms with Crippen LogP contribution in [0.3, 0.4) is 0 Å². The number of benzene rings is 3. The highest BCUT2D eigenvalue weighted by Crippen LogP contribution is 2.27. The van der Waals surface area contributed by atoms with Crippen LogP contribution < -0.4 is 10.1 Å². The van der Waals surface area contributed by atoms with Crippen LogP contribution in [0.2, 0.25) is 0 Å². The molecule has 1 aromatic heterocycles. The number of ether oxygens (including phenoxy) is 1. The first kappa shape index (κ1) is 25.0. The summed E-state index contributed by atoms with van der Waals surface area (Å²) in [6.45, 7) is 8.34. The Morgan fingerprint density at radius 3 is 2.69 bits per heavy atom. The highest BCUT2D eigenvalue weighted by Gasteiger charge is 2.13. The molecule has 0 atom stereocenters. The van der Waals surface area contributed by atoms with E-state index >= 15 is 0 Å². The Morgan fingerprint density at radius 1 is 1.06 bits per heavy atom. The van der Waals surface area contributed by atoms with Gasteiger partial charge in [-0.05, 0) is 73.2 Å². The van der Waals surface area contributed by atoms with Crippen LogP contribution in [-0.2, 0) is 13.1 Å². The quantitative estimate of drug-likeness (QED) is 0.223. The molecule has 0 spiro atoms. The van der Waals surface area contributed by atoms with Gasteiger partial charge in [0.1, 0.15) is 11.6 Å². The van der Waals surface area contributed by atoms with Crippen LogP contribution in [-0.4, -0.2) is 22.1 Å². The maximum Gasteiger partial charge on any atom is 0.251 e. The number of rotatable bonds is 10. The van der Waals surface area contributed by atoms with Crippen molar-refractivity contribution in [2.45, 2.75) is 52.6 Å². The number of aromatic nitrogens is 2. The zero-order valence-electron chi connectivity index (χ0n) is 20.6. The number of nitrogens with zero attached hydrogens (tertiary/aromatic N) is 2. The third-order valence-corrected chi connectivity index (χ3v) is 6.55. The number of hydrogen-bond acceptors (Lipinski definition) is 3. The first-order chi connectivity index (χ1) is 16.9. The minimum absolute atomic E-state index is 0.114. The smallest absolute Gasteiger partial charge is 0.251 e. The number of fused-ring (bicyclic) bond motifs is 1. The molecule has 4 aromatic rings. The van der Waals surface area contributed by atoms with Gasteiger partial charge in [0, 0.05) is 16.6 Å². The molecule has 1 N–H and O–H groups in total. The average Bonchev–Trinajstić information content (AvgIpc) is 3.19. The Labute approximate surface area is 215 Å². The van der Waals surface area contributed by atoms with E-state index in [1.807, 2.05) is 42.5 Å². The van der Waals surface area contributed by atoms with Crippen molar-refractivity contribution in [1.29, 1.82) is 0 Å². The Hall–Kier alpha value is -3.12. The molecule has 0 bridgehead atoms. The zero-order chi connectivity index (χ0) is 24.8. The van der Waals surface area contributed by atoms with Gasteiger partial charge in [0.25, 0.3) is 5.91 Å². The van der Waals surface area contributed by atoms with Gasteiger partial charge < -0.3 is 14.6 Å². The van der Waals surface area contributed by atoms with Crippen molar-refractivity contribution in [2.75, 3.05) is 6.61 Å². The summed E-state index contributed by atoms with van der Waals surface area (Å²) in [5, 5.41) is 3.02. The summed E-state index contributed by atoms with van der Waals surface area (Å²) in [5.74, 6) is 2.16. The predicted octanol–water partition coefficient (Wildman–Crippen LogP) is 7.02. The van der Waals surface area contributed by atoms with Crippen LogP contribution >= 0.6 is 15.9 Å². The summed E-state index contributed by atoms with van der Waals surface area (Å²) in [6.07, 6.45) is 1.89. The number of imidazole rings is 1. The number of aryl methyl sites for hydroxylation is 2. The first-order valence-corrected chi connectivity index (χ1v) is 12.9. The number of amides is 1. The van der Waals surface area contributed by atoms with Crippen LogP contribution in [0.1, 0.15) is 59.9 Å². The average molecular weight is 534 g/mol. The van der Waals surface area contributed by atoms with E-state index in [9.17, 15) is 4.79 Å². The number of unbranched alkanes of at least 4 members (excludes halogenated alkanes) is 1. The van der Waals surface area contributed by atoms with Crippen LogP contribution in [0, 0.1) is 6.92 Å². The topological polar surface area (TPSA) is 56.1 Å². The maximum atomic E-state index is 12.6. The van der Waals surface area contributed by atoms with E-state index in [0.29, 0.717) is 24.6 Å². The lowest BCUT2D eigenvalue weighted by Gasteiger charge is -2.15. The van der Waals surface area contributed by atoms with Crippen LogP contribution in [0.25, 0.3) is 11.0 Å². The van der Waals surface area contributed by atoms with Gasteiger partial charge in [-0.15, -0.1) is 0 Å². The van der Waals surface area contributed by atoms with E-state index < -0.39 is 0 Å². The zero-order valence-corrected chi connectivity index (χ0v) is 22.1. The molecule has 0 fully saturated rings. The molecule has 3 aromatic carbocycles. The van der Waals surface area contributed by atoms with Crippen molar-refractivity contribution < 1.29 is 9.53 Å². The second-order valence-corrected chi connectivity index (χ2v) is 10.0. The van der Waals surface area contributed by atoms with E-state index in [0.717, 1.165) is 46.5 Å². The lowest BCUT2D eigenvalue weighted by atomic mass is 10.0. The van der Waals surface area contributed by atoms with Gasteiger partial charge in [0.2, 0.25) is 0 Å². The maximum absolute atomic E-state index is 12.6.